The highest BCUT2D eigenvalue weighted by Gasteiger charge is 2.29. The van der Waals surface area contributed by atoms with E-state index in [-0.39, 0.29) is 5.91 Å². The summed E-state index contributed by atoms with van der Waals surface area (Å²) in [6.45, 7) is 3.71. The van der Waals surface area contributed by atoms with E-state index in [0.29, 0.717) is 27.1 Å². The maximum Gasteiger partial charge on any atom is 0.254 e. The minimum Gasteiger partial charge on any atom is -0.334 e. The number of halogens is 2. The second-order valence-corrected chi connectivity index (χ2v) is 5.88. The summed E-state index contributed by atoms with van der Waals surface area (Å²) in [4.78, 5) is 12.0. The molecule has 1 aromatic heterocycles. The molecule has 0 spiro atoms. The number of hydrogen-bond acceptors (Lipinski definition) is 3. The van der Waals surface area contributed by atoms with E-state index in [1.807, 2.05) is 13.8 Å². The molecule has 0 fully saturated rings. The predicted molar refractivity (Wildman–Crippen MR) is 70.7 cm³/mol. The molecule has 0 saturated heterocycles. The van der Waals surface area contributed by atoms with Gasteiger partial charge in [-0.1, -0.05) is 37.0 Å². The first-order chi connectivity index (χ1) is 7.98. The first kappa shape index (κ1) is 14.3. The molecule has 1 aromatic rings. The number of carbonyl (C=O) groups is 1. The van der Waals surface area contributed by atoms with Crippen LogP contribution in [0.15, 0.2) is 6.07 Å². The fourth-order valence-corrected chi connectivity index (χ4v) is 2.85. The van der Waals surface area contributed by atoms with Crippen LogP contribution in [0.4, 0.5) is 0 Å². The number of amides is 1. The van der Waals surface area contributed by atoms with Crippen molar-refractivity contribution in [3.8, 4) is 6.07 Å². The highest BCUT2D eigenvalue weighted by atomic mass is 35.5. The fraction of sp³-hybridized carbons (Fsp3) is 0.455. The third-order valence-corrected chi connectivity index (χ3v) is 4.16. The molecule has 0 unspecified atom stereocenters. The van der Waals surface area contributed by atoms with E-state index in [4.69, 9.17) is 28.5 Å². The van der Waals surface area contributed by atoms with Gasteiger partial charge in [-0.2, -0.15) is 5.26 Å². The van der Waals surface area contributed by atoms with Crippen LogP contribution in [0.1, 0.15) is 37.0 Å². The van der Waals surface area contributed by atoms with Crippen LogP contribution in [0.25, 0.3) is 0 Å². The number of nitrogens with one attached hydrogen (secondary N) is 1. The molecule has 0 saturated carbocycles. The van der Waals surface area contributed by atoms with E-state index in [1.54, 1.807) is 0 Å². The predicted octanol–water partition coefficient (Wildman–Crippen LogP) is 3.87. The summed E-state index contributed by atoms with van der Waals surface area (Å²) in [5.41, 5.74) is -0.516. The molecule has 0 aliphatic carbocycles. The molecule has 1 amide bonds. The Morgan fingerprint density at radius 2 is 2.12 bits per heavy atom. The smallest absolute Gasteiger partial charge is 0.254 e. The molecule has 0 aromatic carbocycles. The van der Waals surface area contributed by atoms with Gasteiger partial charge in [0.2, 0.25) is 0 Å². The molecular formula is C11H12Cl2N2OS. The highest BCUT2D eigenvalue weighted by Crippen LogP contribution is 2.31. The van der Waals surface area contributed by atoms with Crippen molar-refractivity contribution in [1.82, 2.24) is 5.32 Å². The molecule has 17 heavy (non-hydrogen) atoms. The topological polar surface area (TPSA) is 52.9 Å². The summed E-state index contributed by atoms with van der Waals surface area (Å²) in [6, 6.07) is 3.65. The van der Waals surface area contributed by atoms with Crippen LogP contribution in [0, 0.1) is 11.3 Å². The zero-order chi connectivity index (χ0) is 13.1. The maximum atomic E-state index is 12.0. The molecule has 0 atom stereocenters. The van der Waals surface area contributed by atoms with Gasteiger partial charge < -0.3 is 5.32 Å². The Bertz CT molecular complexity index is 461. The Morgan fingerprint density at radius 3 is 2.47 bits per heavy atom. The summed E-state index contributed by atoms with van der Waals surface area (Å²) in [5, 5.41) is 11.8. The van der Waals surface area contributed by atoms with Crippen LogP contribution in [-0.2, 0) is 0 Å². The Morgan fingerprint density at radius 1 is 1.53 bits per heavy atom. The minimum absolute atomic E-state index is 0.322. The summed E-state index contributed by atoms with van der Waals surface area (Å²) >= 11 is 12.8. The fourth-order valence-electron chi connectivity index (χ4n) is 1.39. The van der Waals surface area contributed by atoms with E-state index < -0.39 is 5.54 Å². The van der Waals surface area contributed by atoms with E-state index in [2.05, 4.69) is 11.4 Å². The lowest BCUT2D eigenvalue weighted by atomic mass is 9.94. The molecule has 0 radical (unpaired) electrons. The van der Waals surface area contributed by atoms with Gasteiger partial charge in [0, 0.05) is 0 Å². The van der Waals surface area contributed by atoms with Gasteiger partial charge in [0.15, 0.2) is 0 Å². The van der Waals surface area contributed by atoms with Crippen LogP contribution < -0.4 is 5.32 Å². The minimum atomic E-state index is -0.838. The first-order valence-corrected chi connectivity index (χ1v) is 6.74. The van der Waals surface area contributed by atoms with Gasteiger partial charge in [-0.05, 0) is 18.9 Å². The van der Waals surface area contributed by atoms with Gasteiger partial charge in [-0.3, -0.25) is 4.79 Å². The molecule has 0 aliphatic heterocycles. The van der Waals surface area contributed by atoms with E-state index in [1.165, 1.54) is 6.07 Å². The standard InChI is InChI=1S/C11H12Cl2N2OS/c1-3-11(4-2,6-14)15-10(16)7-5-8(12)17-9(7)13/h5H,3-4H2,1-2H3,(H,15,16). The van der Waals surface area contributed by atoms with E-state index in [0.717, 1.165) is 11.3 Å². The SMILES string of the molecule is CCC(C#N)(CC)NC(=O)c1cc(Cl)sc1Cl. The van der Waals surface area contributed by atoms with Crippen LogP contribution in [-0.4, -0.2) is 11.4 Å². The number of hydrogen-bond donors (Lipinski definition) is 1. The number of nitriles is 1. The summed E-state index contributed by atoms with van der Waals surface area (Å²) in [7, 11) is 0. The molecule has 6 heteroatoms. The van der Waals surface area contributed by atoms with Crippen LogP contribution in [0.2, 0.25) is 8.67 Å². The van der Waals surface area contributed by atoms with Crippen LogP contribution >= 0.6 is 34.5 Å². The summed E-state index contributed by atoms with van der Waals surface area (Å²) < 4.78 is 0.794. The number of thiophene rings is 1. The van der Waals surface area contributed by atoms with Gasteiger partial charge in [-0.25, -0.2) is 0 Å². The van der Waals surface area contributed by atoms with Gasteiger partial charge in [0.25, 0.3) is 5.91 Å². The third-order valence-electron chi connectivity index (χ3n) is 2.68. The molecule has 1 rings (SSSR count). The Hall–Kier alpha value is -0.760. The van der Waals surface area contributed by atoms with Crippen molar-refractivity contribution >= 4 is 40.4 Å². The molecular weight excluding hydrogens is 279 g/mol. The second kappa shape index (κ2) is 5.72. The third kappa shape index (κ3) is 3.12. The van der Waals surface area contributed by atoms with Crippen molar-refractivity contribution in [3.63, 3.8) is 0 Å². The van der Waals surface area contributed by atoms with Crippen molar-refractivity contribution < 1.29 is 4.79 Å². The van der Waals surface area contributed by atoms with Crippen molar-refractivity contribution in [2.45, 2.75) is 32.2 Å². The van der Waals surface area contributed by atoms with Crippen molar-refractivity contribution in [3.05, 3.63) is 20.3 Å². The van der Waals surface area contributed by atoms with Crippen molar-refractivity contribution in [2.75, 3.05) is 0 Å². The normalized spacial score (nSPS) is 11.0. The molecule has 92 valence electrons. The summed E-state index contributed by atoms with van der Waals surface area (Å²) in [5.74, 6) is -0.358. The van der Waals surface area contributed by atoms with Crippen molar-refractivity contribution in [1.29, 1.82) is 5.26 Å². The quantitative estimate of drug-likeness (QED) is 0.915. The lowest BCUT2D eigenvalue weighted by Crippen LogP contribution is -2.46. The summed E-state index contributed by atoms with van der Waals surface area (Å²) in [6.07, 6.45) is 1.09. The van der Waals surface area contributed by atoms with Gasteiger partial charge in [0.1, 0.15) is 9.88 Å². The molecule has 0 aliphatic rings. The average molecular weight is 291 g/mol. The van der Waals surface area contributed by atoms with Crippen molar-refractivity contribution in [2.24, 2.45) is 0 Å². The average Bonchev–Trinajstić information content (AvgIpc) is 2.65. The molecule has 1 heterocycles. The van der Waals surface area contributed by atoms with Gasteiger partial charge in [0.05, 0.1) is 16.0 Å². The Kier molecular flexibility index (Phi) is 4.81. The highest BCUT2D eigenvalue weighted by molar-refractivity contribution is 7.20. The van der Waals surface area contributed by atoms with Gasteiger partial charge >= 0.3 is 0 Å². The Balaban J connectivity index is 2.93. The first-order valence-electron chi connectivity index (χ1n) is 5.16. The van der Waals surface area contributed by atoms with E-state index in [9.17, 15) is 4.79 Å². The molecule has 3 nitrogen and oxygen atoms in total. The van der Waals surface area contributed by atoms with E-state index >= 15 is 0 Å². The monoisotopic (exact) mass is 290 g/mol. The lowest BCUT2D eigenvalue weighted by molar-refractivity contribution is 0.0916. The Labute approximate surface area is 114 Å². The van der Waals surface area contributed by atoms with Crippen LogP contribution in [0.3, 0.4) is 0 Å². The number of rotatable bonds is 4. The number of nitrogens with zero attached hydrogens (tertiary/aromatic N) is 1. The largest absolute Gasteiger partial charge is 0.334 e. The molecule has 1 N–H and O–H groups in total. The lowest BCUT2D eigenvalue weighted by Gasteiger charge is -2.24. The molecule has 0 bridgehead atoms. The zero-order valence-corrected chi connectivity index (χ0v) is 11.8. The zero-order valence-electron chi connectivity index (χ0n) is 9.51. The van der Waals surface area contributed by atoms with Gasteiger partial charge in [-0.15, -0.1) is 11.3 Å². The second-order valence-electron chi connectivity index (χ2n) is 3.59. The maximum absolute atomic E-state index is 12.0. The number of carbonyl (C=O) groups excluding carboxylic acids is 1. The van der Waals surface area contributed by atoms with Crippen LogP contribution in [0.5, 0.6) is 0 Å².